The summed E-state index contributed by atoms with van der Waals surface area (Å²) in [6, 6.07) is 15.5. The van der Waals surface area contributed by atoms with E-state index >= 15 is 0 Å². The molecule has 3 N–H and O–H groups in total. The molecule has 2 unspecified atom stereocenters. The van der Waals surface area contributed by atoms with Crippen molar-refractivity contribution >= 4 is 29.4 Å². The first-order valence-electron chi connectivity index (χ1n) is 9.97. The maximum atomic E-state index is 12.8. The van der Waals surface area contributed by atoms with Crippen LogP contribution in [0.1, 0.15) is 34.6 Å². The van der Waals surface area contributed by atoms with Crippen molar-refractivity contribution < 1.29 is 14.3 Å². The second-order valence-electron chi connectivity index (χ2n) is 7.57. The molecule has 2 heterocycles. The standard InChI is InChI=1S/C23H24N4O3S/c1-13-5-4-6-17(11-13)27-22-20(14(2)26-27)21(31-15(3)23(29)25-22)16-7-9-18(10-8-16)30-12-19(24)28/h4-11,15,21H,12H2,1-3H3,(H2,24,28)(H,25,29). The normalized spacial score (nSPS) is 18.1. The van der Waals surface area contributed by atoms with Crippen molar-refractivity contribution in [3.63, 3.8) is 0 Å². The van der Waals surface area contributed by atoms with Gasteiger partial charge in [0.1, 0.15) is 11.6 Å². The van der Waals surface area contributed by atoms with E-state index in [4.69, 9.17) is 15.6 Å². The van der Waals surface area contributed by atoms with E-state index in [-0.39, 0.29) is 23.0 Å². The lowest BCUT2D eigenvalue weighted by Gasteiger charge is -2.18. The van der Waals surface area contributed by atoms with Gasteiger partial charge in [0, 0.05) is 5.56 Å². The van der Waals surface area contributed by atoms with Crippen LogP contribution in [0.3, 0.4) is 0 Å². The summed E-state index contributed by atoms with van der Waals surface area (Å²) in [7, 11) is 0. The van der Waals surface area contributed by atoms with Crippen LogP contribution in [0, 0.1) is 13.8 Å². The van der Waals surface area contributed by atoms with Crippen molar-refractivity contribution in [2.24, 2.45) is 5.73 Å². The van der Waals surface area contributed by atoms with Gasteiger partial charge in [-0.1, -0.05) is 24.3 Å². The van der Waals surface area contributed by atoms with Gasteiger partial charge in [0.25, 0.3) is 5.91 Å². The van der Waals surface area contributed by atoms with Crippen LogP contribution in [0.5, 0.6) is 5.75 Å². The van der Waals surface area contributed by atoms with Crippen LogP contribution >= 0.6 is 11.8 Å². The van der Waals surface area contributed by atoms with Crippen LogP contribution in [0.25, 0.3) is 5.69 Å². The number of ether oxygens (including phenoxy) is 1. The summed E-state index contributed by atoms with van der Waals surface area (Å²) in [4.78, 5) is 23.7. The molecule has 8 heteroatoms. The van der Waals surface area contributed by atoms with Gasteiger partial charge in [-0.05, 0) is 56.2 Å². The zero-order valence-electron chi connectivity index (χ0n) is 17.6. The van der Waals surface area contributed by atoms with E-state index in [1.165, 1.54) is 0 Å². The number of rotatable bonds is 5. The van der Waals surface area contributed by atoms with Crippen LogP contribution in [0.4, 0.5) is 5.82 Å². The maximum absolute atomic E-state index is 12.8. The van der Waals surface area contributed by atoms with Gasteiger partial charge < -0.3 is 15.8 Å². The topological polar surface area (TPSA) is 99.2 Å². The molecular weight excluding hydrogens is 412 g/mol. The monoisotopic (exact) mass is 436 g/mol. The summed E-state index contributed by atoms with van der Waals surface area (Å²) < 4.78 is 7.19. The van der Waals surface area contributed by atoms with Crippen LogP contribution in [0.2, 0.25) is 0 Å². The molecule has 0 aliphatic carbocycles. The first-order valence-corrected chi connectivity index (χ1v) is 10.9. The lowest BCUT2D eigenvalue weighted by Crippen LogP contribution is -2.22. The van der Waals surface area contributed by atoms with Gasteiger partial charge in [-0.25, -0.2) is 4.68 Å². The van der Waals surface area contributed by atoms with E-state index in [0.29, 0.717) is 11.6 Å². The van der Waals surface area contributed by atoms with Gasteiger partial charge in [-0.3, -0.25) is 9.59 Å². The van der Waals surface area contributed by atoms with E-state index in [0.717, 1.165) is 28.1 Å². The number of aromatic nitrogens is 2. The van der Waals surface area contributed by atoms with E-state index in [1.54, 1.807) is 11.8 Å². The Balaban J connectivity index is 1.77. The number of nitrogens with zero attached hydrogens (tertiary/aromatic N) is 2. The number of primary amides is 1. The van der Waals surface area contributed by atoms with Crippen molar-refractivity contribution in [3.05, 3.63) is 70.9 Å². The highest BCUT2D eigenvalue weighted by Crippen LogP contribution is 2.46. The molecule has 1 aliphatic rings. The fourth-order valence-corrected chi connectivity index (χ4v) is 4.93. The van der Waals surface area contributed by atoms with Gasteiger partial charge in [0.2, 0.25) is 5.91 Å². The molecule has 0 saturated carbocycles. The number of amides is 2. The number of fused-ring (bicyclic) bond motifs is 1. The van der Waals surface area contributed by atoms with Crippen LogP contribution in [-0.2, 0) is 9.59 Å². The van der Waals surface area contributed by atoms with Crippen molar-refractivity contribution in [1.82, 2.24) is 9.78 Å². The number of hydrogen-bond acceptors (Lipinski definition) is 5. The highest BCUT2D eigenvalue weighted by Gasteiger charge is 2.34. The second-order valence-corrected chi connectivity index (χ2v) is 9.02. The van der Waals surface area contributed by atoms with Crippen molar-refractivity contribution in [2.45, 2.75) is 31.3 Å². The first-order chi connectivity index (χ1) is 14.8. The van der Waals surface area contributed by atoms with E-state index in [9.17, 15) is 9.59 Å². The Kier molecular flexibility index (Phi) is 5.73. The van der Waals surface area contributed by atoms with Gasteiger partial charge in [-0.2, -0.15) is 5.10 Å². The van der Waals surface area contributed by atoms with Gasteiger partial charge in [0.05, 0.1) is 21.9 Å². The number of anilines is 1. The maximum Gasteiger partial charge on any atom is 0.255 e. The molecule has 0 fully saturated rings. The Bertz CT molecular complexity index is 1140. The highest BCUT2D eigenvalue weighted by atomic mass is 32.2. The molecule has 31 heavy (non-hydrogen) atoms. The van der Waals surface area contributed by atoms with Crippen LogP contribution < -0.4 is 15.8 Å². The largest absolute Gasteiger partial charge is 0.484 e. The quantitative estimate of drug-likeness (QED) is 0.638. The Morgan fingerprint density at radius 1 is 1.23 bits per heavy atom. The van der Waals surface area contributed by atoms with Gasteiger partial charge in [-0.15, -0.1) is 11.8 Å². The number of nitrogens with one attached hydrogen (secondary N) is 1. The molecule has 0 saturated heterocycles. The smallest absolute Gasteiger partial charge is 0.255 e. The van der Waals surface area contributed by atoms with E-state index in [1.807, 2.05) is 74.0 Å². The van der Waals surface area contributed by atoms with E-state index < -0.39 is 5.91 Å². The Morgan fingerprint density at radius 2 is 1.97 bits per heavy atom. The SMILES string of the molecule is Cc1cccc(-n2nc(C)c3c2NC(=O)C(C)SC3c2ccc(OCC(N)=O)cc2)c1. The third kappa shape index (κ3) is 4.29. The molecule has 2 amide bonds. The third-order valence-corrected chi connectivity index (χ3v) is 6.53. The summed E-state index contributed by atoms with van der Waals surface area (Å²) in [6.07, 6.45) is 0. The Morgan fingerprint density at radius 3 is 2.65 bits per heavy atom. The van der Waals surface area contributed by atoms with Crippen LogP contribution in [-0.4, -0.2) is 33.5 Å². The number of carbonyl (C=O) groups excluding carboxylic acids is 2. The predicted molar refractivity (Wildman–Crippen MR) is 122 cm³/mol. The molecule has 2 aromatic carbocycles. The van der Waals surface area contributed by atoms with Gasteiger partial charge in [0.15, 0.2) is 6.61 Å². The average molecular weight is 437 g/mol. The fourth-order valence-electron chi connectivity index (χ4n) is 3.61. The summed E-state index contributed by atoms with van der Waals surface area (Å²) in [6.45, 7) is 5.73. The Hall–Kier alpha value is -3.26. The molecule has 160 valence electrons. The molecule has 1 aromatic heterocycles. The summed E-state index contributed by atoms with van der Waals surface area (Å²) in [5, 5.41) is 7.52. The molecule has 4 rings (SSSR count). The fraction of sp³-hybridized carbons (Fsp3) is 0.261. The summed E-state index contributed by atoms with van der Waals surface area (Å²) in [5.41, 5.74) is 10.0. The predicted octanol–water partition coefficient (Wildman–Crippen LogP) is 3.52. The second kappa shape index (κ2) is 8.47. The zero-order valence-corrected chi connectivity index (χ0v) is 18.4. The third-order valence-electron chi connectivity index (χ3n) is 5.13. The number of benzene rings is 2. The number of thioether (sulfide) groups is 1. The average Bonchev–Trinajstić information content (AvgIpc) is 2.99. The molecule has 2 atom stereocenters. The van der Waals surface area contributed by atoms with Crippen molar-refractivity contribution in [2.75, 3.05) is 11.9 Å². The minimum absolute atomic E-state index is 0.0519. The molecule has 0 bridgehead atoms. The molecular formula is C23H24N4O3S. The summed E-state index contributed by atoms with van der Waals surface area (Å²) in [5.74, 6) is 0.689. The molecule has 1 aliphatic heterocycles. The lowest BCUT2D eigenvalue weighted by molar-refractivity contribution is -0.120. The molecule has 7 nitrogen and oxygen atoms in total. The number of nitrogens with two attached hydrogens (primary N) is 1. The van der Waals surface area contributed by atoms with Gasteiger partial charge >= 0.3 is 0 Å². The first kappa shape index (κ1) is 21.0. The van der Waals surface area contributed by atoms with Crippen molar-refractivity contribution in [1.29, 1.82) is 0 Å². The lowest BCUT2D eigenvalue weighted by atomic mass is 10.0. The van der Waals surface area contributed by atoms with Crippen LogP contribution in [0.15, 0.2) is 48.5 Å². The Labute approximate surface area is 185 Å². The number of carbonyl (C=O) groups is 2. The summed E-state index contributed by atoms with van der Waals surface area (Å²) >= 11 is 1.58. The highest BCUT2D eigenvalue weighted by molar-refractivity contribution is 8.01. The number of hydrogen-bond donors (Lipinski definition) is 2. The van der Waals surface area contributed by atoms with Crippen molar-refractivity contribution in [3.8, 4) is 11.4 Å². The molecule has 3 aromatic rings. The molecule has 0 radical (unpaired) electrons. The minimum Gasteiger partial charge on any atom is -0.484 e. The minimum atomic E-state index is -0.523. The molecule has 0 spiro atoms. The zero-order chi connectivity index (χ0) is 22.1. The number of aryl methyl sites for hydroxylation is 2. The van der Waals surface area contributed by atoms with E-state index in [2.05, 4.69) is 5.32 Å².